The number of fused-ring (bicyclic) bond motifs is 4. The maximum absolute atomic E-state index is 14.5. The minimum absolute atomic E-state index is 0.117. The van der Waals surface area contributed by atoms with E-state index < -0.39 is 198 Å². The number of hydrogen-bond acceptors (Lipinski definition) is 25. The summed E-state index contributed by atoms with van der Waals surface area (Å²) < 4.78 is 97.8. The number of esters is 1. The van der Waals surface area contributed by atoms with Gasteiger partial charge in [-0.15, -0.1) is 0 Å². The second-order valence-electron chi connectivity index (χ2n) is 25.5. The molecule has 0 aromatic heterocycles. The van der Waals surface area contributed by atoms with Crippen LogP contribution in [0.3, 0.4) is 0 Å². The first-order chi connectivity index (χ1) is 37.8. The maximum Gasteiger partial charge on any atom is 0.397 e. The Kier molecular flexibility index (Phi) is 18.0. The van der Waals surface area contributed by atoms with Crippen LogP contribution in [0.5, 0.6) is 0 Å². The fourth-order valence-corrected chi connectivity index (χ4v) is 16.7. The zero-order valence-corrected chi connectivity index (χ0v) is 48.0. The third-order valence-corrected chi connectivity index (χ3v) is 21.0. The van der Waals surface area contributed by atoms with Gasteiger partial charge >= 0.3 is 16.4 Å². The summed E-state index contributed by atoms with van der Waals surface area (Å²) in [4.78, 5) is 14.5. The molecule has 12 N–H and O–H groups in total. The average molecular weight is 1180 g/mol. The second kappa shape index (κ2) is 22.9. The van der Waals surface area contributed by atoms with Crippen molar-refractivity contribution in [2.75, 3.05) is 26.9 Å². The third-order valence-electron chi connectivity index (χ3n) is 20.5. The van der Waals surface area contributed by atoms with Crippen molar-refractivity contribution in [3.05, 3.63) is 23.3 Å². The number of aliphatic hydroxyl groups is 11. The van der Waals surface area contributed by atoms with Crippen LogP contribution < -0.4 is 0 Å². The van der Waals surface area contributed by atoms with E-state index in [1.807, 2.05) is 40.7 Å². The Morgan fingerprint density at radius 1 is 0.716 bits per heavy atom. The van der Waals surface area contributed by atoms with Crippen LogP contribution in [0.1, 0.15) is 107 Å². The lowest BCUT2D eigenvalue weighted by Gasteiger charge is -2.64. The van der Waals surface area contributed by atoms with Gasteiger partial charge in [-0.2, -0.15) is 8.42 Å². The molecule has 4 aliphatic carbocycles. The number of methoxy groups -OCH3 is 1. The Morgan fingerprint density at radius 3 is 1.91 bits per heavy atom. The molecule has 0 bridgehead atoms. The van der Waals surface area contributed by atoms with Crippen LogP contribution >= 0.6 is 0 Å². The number of carbonyl (C=O) groups excluding carboxylic acids is 1. The van der Waals surface area contributed by atoms with E-state index in [0.717, 1.165) is 11.1 Å². The molecule has 9 aliphatic rings. The number of ether oxygens (including phenoxy) is 10. The van der Waals surface area contributed by atoms with E-state index in [0.29, 0.717) is 44.9 Å². The highest BCUT2D eigenvalue weighted by atomic mass is 32.3. The number of cyclic esters (lactones) is 1. The summed E-state index contributed by atoms with van der Waals surface area (Å²) in [6.07, 6.45) is -26.5. The van der Waals surface area contributed by atoms with E-state index in [-0.39, 0.29) is 18.3 Å². The number of aliphatic hydroxyl groups excluding tert-OH is 10. The Balaban J connectivity index is 0.913. The van der Waals surface area contributed by atoms with Gasteiger partial charge in [-0.1, -0.05) is 51.0 Å². The smallest absolute Gasteiger partial charge is 0.397 e. The summed E-state index contributed by atoms with van der Waals surface area (Å²) in [7, 11) is -4.01. The van der Waals surface area contributed by atoms with Gasteiger partial charge in [0.05, 0.1) is 38.1 Å². The molecular weight excluding hydrogens is 1100 g/mol. The molecule has 28 atom stereocenters. The van der Waals surface area contributed by atoms with Crippen molar-refractivity contribution < 1.29 is 125 Å². The highest BCUT2D eigenvalue weighted by Crippen LogP contribution is 2.77. The molecule has 1 spiro atoms. The molecule has 0 aromatic carbocycles. The predicted molar refractivity (Wildman–Crippen MR) is 274 cm³/mol. The summed E-state index contributed by atoms with van der Waals surface area (Å²) >= 11 is 0. The van der Waals surface area contributed by atoms with Crippen LogP contribution in [-0.4, -0.2) is 242 Å². The summed E-state index contributed by atoms with van der Waals surface area (Å²) in [5.74, 6) is -0.888. The first-order valence-electron chi connectivity index (χ1n) is 28.2. The minimum atomic E-state index is -5.19. The maximum atomic E-state index is 14.5. The third kappa shape index (κ3) is 10.3. The van der Waals surface area contributed by atoms with Gasteiger partial charge in [0.25, 0.3) is 0 Å². The second-order valence-corrected chi connectivity index (χ2v) is 26.6. The van der Waals surface area contributed by atoms with Crippen LogP contribution in [-0.2, 0) is 66.7 Å². The van der Waals surface area contributed by atoms with Gasteiger partial charge in [0.15, 0.2) is 25.2 Å². The molecule has 28 unspecified atom stereocenters. The molecule has 5 saturated heterocycles. The number of hydrogen-bond donors (Lipinski definition) is 12. The fourth-order valence-electron chi connectivity index (χ4n) is 16.2. The van der Waals surface area contributed by atoms with Gasteiger partial charge in [-0.3, -0.25) is 9.35 Å². The Hall–Kier alpha value is -1.98. The Morgan fingerprint density at radius 2 is 1.31 bits per heavy atom. The summed E-state index contributed by atoms with van der Waals surface area (Å²) in [6, 6.07) is 0. The van der Waals surface area contributed by atoms with E-state index in [1.165, 1.54) is 14.0 Å². The van der Waals surface area contributed by atoms with Gasteiger partial charge in [0, 0.05) is 7.11 Å². The van der Waals surface area contributed by atoms with Crippen LogP contribution in [0.2, 0.25) is 0 Å². The SMILES string of the molecule is COC1C(O)C(CO)OC(OC2C(O)C(CO)OC(OC3C(C)OC(OC4C(OC5CCC6(C)C7=CC(O)C89C(=O)OC(C)(CCC=C(C)C)C8(O)CCC9(C)C7CCC6C5(C)C)OCC(OS(=O)(=O)O)C4O)C(O)C3O)C2O)C1O. The first-order valence-corrected chi connectivity index (χ1v) is 29.5. The van der Waals surface area contributed by atoms with Crippen molar-refractivity contribution in [1.82, 2.24) is 0 Å². The quantitative estimate of drug-likeness (QED) is 0.0363. The zero-order chi connectivity index (χ0) is 59.5. The summed E-state index contributed by atoms with van der Waals surface area (Å²) in [5.41, 5.74) is -4.47. The number of allylic oxidation sites excluding steroid dienone is 3. The molecule has 3 saturated carbocycles. The Labute approximate surface area is 471 Å². The summed E-state index contributed by atoms with van der Waals surface area (Å²) in [6.45, 7) is 13.1. The van der Waals surface area contributed by atoms with Gasteiger partial charge in [-0.05, 0) is 107 Å². The highest BCUT2D eigenvalue weighted by molar-refractivity contribution is 7.80. The fraction of sp³-hybridized carbons (Fsp3) is 0.907. The molecule has 9 rings (SSSR count). The van der Waals surface area contributed by atoms with E-state index in [9.17, 15) is 73.9 Å². The van der Waals surface area contributed by atoms with Gasteiger partial charge in [0.2, 0.25) is 0 Å². The lowest BCUT2D eigenvalue weighted by atomic mass is 9.40. The highest BCUT2D eigenvalue weighted by Gasteiger charge is 2.85. The molecule has 5 heterocycles. The van der Waals surface area contributed by atoms with Gasteiger partial charge < -0.3 is 104 Å². The number of carbonyl (C=O) groups is 1. The molecule has 81 heavy (non-hydrogen) atoms. The lowest BCUT2D eigenvalue weighted by molar-refractivity contribution is -0.389. The molecule has 26 nitrogen and oxygen atoms in total. The van der Waals surface area contributed by atoms with E-state index in [4.69, 9.17) is 51.6 Å². The van der Waals surface area contributed by atoms with Crippen molar-refractivity contribution in [3.8, 4) is 0 Å². The zero-order valence-electron chi connectivity index (χ0n) is 47.2. The average Bonchev–Trinajstić information content (AvgIpc) is 3.69. The molecule has 8 fully saturated rings. The van der Waals surface area contributed by atoms with Crippen molar-refractivity contribution >= 4 is 16.4 Å². The van der Waals surface area contributed by atoms with Crippen LogP contribution in [0.15, 0.2) is 23.3 Å². The van der Waals surface area contributed by atoms with Gasteiger partial charge in [0.1, 0.15) is 102 Å². The minimum Gasteiger partial charge on any atom is -0.456 e. The molecule has 0 aromatic rings. The summed E-state index contributed by atoms with van der Waals surface area (Å²) in [5, 5.41) is 124. The lowest BCUT2D eigenvalue weighted by Crippen LogP contribution is -2.68. The van der Waals surface area contributed by atoms with Crippen LogP contribution in [0.25, 0.3) is 0 Å². The largest absolute Gasteiger partial charge is 0.456 e. The molecule has 5 aliphatic heterocycles. The van der Waals surface area contributed by atoms with E-state index >= 15 is 0 Å². The van der Waals surface area contributed by atoms with Crippen molar-refractivity contribution in [1.29, 1.82) is 0 Å². The van der Waals surface area contributed by atoms with Crippen molar-refractivity contribution in [2.24, 2.45) is 33.5 Å². The molecule has 0 amide bonds. The van der Waals surface area contributed by atoms with E-state index in [1.54, 1.807) is 13.0 Å². The monoisotopic (exact) mass is 1180 g/mol. The molecule has 27 heteroatoms. The topological polar surface area (TPSA) is 396 Å². The predicted octanol–water partition coefficient (Wildman–Crippen LogP) is -1.48. The molecule has 0 radical (unpaired) electrons. The van der Waals surface area contributed by atoms with E-state index in [2.05, 4.69) is 6.92 Å². The normalized spacial score (nSPS) is 51.5. The van der Waals surface area contributed by atoms with Crippen molar-refractivity contribution in [3.63, 3.8) is 0 Å². The standard InChI is InChI=1S/C54H86O26S/c1-23(2)11-10-15-52(8)53(66)18-17-51(7)25-12-13-30-49(4,5)32(14-16-50(30,6)26(25)19-31(57)54(51,53)48(65)79-52)75-47-43(35(60)29(22-71-47)80-81(67,68)69)78-44-37(62)36(61)40(24(3)72-44)76-46-39(64)42(34(59)28(21-56)74-46)77-45-38(63)41(70-9)33(58)27(20-55)73-45/h11,19,24-25,27-47,55-64,66H,10,12-18,20-22H2,1-9H3,(H,67,68,69). The molecule has 464 valence electrons. The van der Waals surface area contributed by atoms with Crippen LogP contribution in [0.4, 0.5) is 0 Å². The molecular formula is C54H86O26S. The number of rotatable bonds is 16. The van der Waals surface area contributed by atoms with Crippen molar-refractivity contribution in [2.45, 2.75) is 247 Å². The Bertz CT molecular complexity index is 2440. The van der Waals surface area contributed by atoms with Gasteiger partial charge in [-0.25, -0.2) is 4.18 Å². The van der Waals surface area contributed by atoms with Crippen LogP contribution in [0, 0.1) is 33.5 Å². The first kappa shape index (κ1) is 63.5.